The second-order valence-corrected chi connectivity index (χ2v) is 3.78. The van der Waals surface area contributed by atoms with Gasteiger partial charge < -0.3 is 4.74 Å². The molecule has 0 aromatic rings. The third kappa shape index (κ3) is 9.44. The topological polar surface area (TPSA) is 43.4 Å². The van der Waals surface area contributed by atoms with Gasteiger partial charge in [0.1, 0.15) is 5.78 Å². The fraction of sp³-hybridized carbons (Fsp3) is 0.833. The Balaban J connectivity index is 3.18. The van der Waals surface area contributed by atoms with Crippen molar-refractivity contribution in [3.8, 4) is 0 Å². The summed E-state index contributed by atoms with van der Waals surface area (Å²) in [5.74, 6) is 0.225. The second kappa shape index (κ2) is 9.69. The van der Waals surface area contributed by atoms with Crippen LogP contribution in [0.2, 0.25) is 0 Å². The molecule has 0 aliphatic rings. The lowest BCUT2D eigenvalue weighted by molar-refractivity contribution is -0.140. The van der Waals surface area contributed by atoms with Gasteiger partial charge in [-0.2, -0.15) is 0 Å². The Morgan fingerprint density at radius 1 is 0.933 bits per heavy atom. The van der Waals surface area contributed by atoms with Gasteiger partial charge in [-0.15, -0.1) is 0 Å². The Hall–Kier alpha value is -0.860. The Bertz CT molecular complexity index is 187. The number of methoxy groups -OCH3 is 1. The number of hydrogen-bond acceptors (Lipinski definition) is 3. The van der Waals surface area contributed by atoms with Gasteiger partial charge in [0, 0.05) is 19.3 Å². The molecule has 0 bridgehead atoms. The molecule has 0 saturated heterocycles. The minimum absolute atomic E-state index is 0.142. The third-order valence-corrected chi connectivity index (χ3v) is 2.34. The maximum Gasteiger partial charge on any atom is 0.305 e. The van der Waals surface area contributed by atoms with Crippen molar-refractivity contribution in [2.45, 2.75) is 58.3 Å². The lowest BCUT2D eigenvalue weighted by Crippen LogP contribution is -1.99. The molecule has 0 aliphatic carbocycles. The van der Waals surface area contributed by atoms with Crippen LogP contribution in [0.25, 0.3) is 0 Å². The molecular formula is C12H22O3. The third-order valence-electron chi connectivity index (χ3n) is 2.34. The van der Waals surface area contributed by atoms with Crippen LogP contribution >= 0.6 is 0 Å². The van der Waals surface area contributed by atoms with Crippen LogP contribution in [0, 0.1) is 0 Å². The molecule has 0 aromatic carbocycles. The van der Waals surface area contributed by atoms with Crippen LogP contribution in [0.3, 0.4) is 0 Å². The molecule has 0 radical (unpaired) electrons. The average Bonchev–Trinajstić information content (AvgIpc) is 2.23. The number of rotatable bonds is 9. The average molecular weight is 214 g/mol. The number of ether oxygens (including phenoxy) is 1. The molecule has 0 saturated carbocycles. The first-order valence-electron chi connectivity index (χ1n) is 5.79. The maximum absolute atomic E-state index is 11.2. The molecule has 0 spiro atoms. The van der Waals surface area contributed by atoms with Gasteiger partial charge in [-0.3, -0.25) is 9.59 Å². The van der Waals surface area contributed by atoms with Gasteiger partial charge in [0.25, 0.3) is 0 Å². The van der Waals surface area contributed by atoms with E-state index in [0.717, 1.165) is 32.1 Å². The lowest BCUT2D eigenvalue weighted by atomic mass is 10.1. The smallest absolute Gasteiger partial charge is 0.305 e. The van der Waals surface area contributed by atoms with Crippen molar-refractivity contribution in [2.75, 3.05) is 7.11 Å². The molecule has 3 heteroatoms. The van der Waals surface area contributed by atoms with Gasteiger partial charge in [-0.1, -0.05) is 19.8 Å². The standard InChI is InChI=1S/C12H22O3/c1-3-8-11(13)9-6-4-5-7-10-12(14)15-2/h3-10H2,1-2H3. The summed E-state index contributed by atoms with van der Waals surface area (Å²) in [6, 6.07) is 0. The highest BCUT2D eigenvalue weighted by Gasteiger charge is 2.01. The van der Waals surface area contributed by atoms with Crippen LogP contribution in [0.5, 0.6) is 0 Å². The molecule has 0 amide bonds. The van der Waals surface area contributed by atoms with E-state index >= 15 is 0 Å². The zero-order valence-corrected chi connectivity index (χ0v) is 9.88. The quantitative estimate of drug-likeness (QED) is 0.438. The van der Waals surface area contributed by atoms with E-state index in [2.05, 4.69) is 4.74 Å². The van der Waals surface area contributed by atoms with Crippen molar-refractivity contribution < 1.29 is 14.3 Å². The molecule has 88 valence electrons. The highest BCUT2D eigenvalue weighted by Crippen LogP contribution is 2.07. The molecule has 0 unspecified atom stereocenters. The molecule has 0 atom stereocenters. The van der Waals surface area contributed by atoms with Gasteiger partial charge >= 0.3 is 5.97 Å². The van der Waals surface area contributed by atoms with E-state index in [0.29, 0.717) is 25.0 Å². The van der Waals surface area contributed by atoms with Crippen molar-refractivity contribution in [3.63, 3.8) is 0 Å². The summed E-state index contributed by atoms with van der Waals surface area (Å²) in [5.41, 5.74) is 0. The highest BCUT2D eigenvalue weighted by atomic mass is 16.5. The van der Waals surface area contributed by atoms with Crippen molar-refractivity contribution in [1.82, 2.24) is 0 Å². The largest absolute Gasteiger partial charge is 0.469 e. The van der Waals surface area contributed by atoms with Crippen LogP contribution in [0.4, 0.5) is 0 Å². The number of hydrogen-bond donors (Lipinski definition) is 0. The molecule has 3 nitrogen and oxygen atoms in total. The van der Waals surface area contributed by atoms with Gasteiger partial charge in [0.2, 0.25) is 0 Å². The summed E-state index contributed by atoms with van der Waals surface area (Å²) in [4.78, 5) is 21.9. The van der Waals surface area contributed by atoms with Crippen LogP contribution in [0.1, 0.15) is 58.3 Å². The fourth-order valence-corrected chi connectivity index (χ4v) is 1.45. The van der Waals surface area contributed by atoms with Gasteiger partial charge in [-0.25, -0.2) is 0 Å². The first-order valence-corrected chi connectivity index (χ1v) is 5.79. The van der Waals surface area contributed by atoms with E-state index in [1.54, 1.807) is 0 Å². The molecule has 0 N–H and O–H groups in total. The fourth-order valence-electron chi connectivity index (χ4n) is 1.45. The van der Waals surface area contributed by atoms with E-state index in [1.165, 1.54) is 7.11 Å². The Kier molecular flexibility index (Phi) is 9.13. The minimum Gasteiger partial charge on any atom is -0.469 e. The highest BCUT2D eigenvalue weighted by molar-refractivity contribution is 5.78. The van der Waals surface area contributed by atoms with Crippen LogP contribution in [-0.4, -0.2) is 18.9 Å². The van der Waals surface area contributed by atoms with E-state index in [9.17, 15) is 9.59 Å². The zero-order chi connectivity index (χ0) is 11.5. The molecular weight excluding hydrogens is 192 g/mol. The normalized spacial score (nSPS) is 10.0. The van der Waals surface area contributed by atoms with Gasteiger partial charge in [0.15, 0.2) is 0 Å². The number of carbonyl (C=O) groups is 2. The summed E-state index contributed by atoms with van der Waals surface area (Å²) >= 11 is 0. The SMILES string of the molecule is CCCC(=O)CCCCCCC(=O)OC. The second-order valence-electron chi connectivity index (χ2n) is 3.78. The number of carbonyl (C=O) groups excluding carboxylic acids is 2. The van der Waals surface area contributed by atoms with E-state index < -0.39 is 0 Å². The molecule has 15 heavy (non-hydrogen) atoms. The first kappa shape index (κ1) is 14.1. The van der Waals surface area contributed by atoms with Crippen molar-refractivity contribution in [2.24, 2.45) is 0 Å². The number of Topliss-reactive ketones (excluding diaryl/α,β-unsaturated/α-hetero) is 1. The summed E-state index contributed by atoms with van der Waals surface area (Å²) in [5, 5.41) is 0. The molecule has 0 aliphatic heterocycles. The molecule has 0 aromatic heterocycles. The number of unbranched alkanes of at least 4 members (excludes halogenated alkanes) is 3. The Morgan fingerprint density at radius 3 is 2.07 bits per heavy atom. The summed E-state index contributed by atoms with van der Waals surface area (Å²) in [6.07, 6.45) is 6.73. The first-order chi connectivity index (χ1) is 7.20. The van der Waals surface area contributed by atoms with E-state index in [-0.39, 0.29) is 5.97 Å². The number of ketones is 1. The molecule has 0 fully saturated rings. The predicted molar refractivity (Wildman–Crippen MR) is 59.6 cm³/mol. The Morgan fingerprint density at radius 2 is 1.53 bits per heavy atom. The lowest BCUT2D eigenvalue weighted by Gasteiger charge is -2.00. The van der Waals surface area contributed by atoms with Gasteiger partial charge in [-0.05, 0) is 19.3 Å². The minimum atomic E-state index is -0.142. The van der Waals surface area contributed by atoms with Gasteiger partial charge in [0.05, 0.1) is 7.11 Å². The monoisotopic (exact) mass is 214 g/mol. The van der Waals surface area contributed by atoms with Crippen LogP contribution in [0.15, 0.2) is 0 Å². The van der Waals surface area contributed by atoms with Crippen molar-refractivity contribution >= 4 is 11.8 Å². The predicted octanol–water partition coefficient (Wildman–Crippen LogP) is 2.87. The maximum atomic E-state index is 11.2. The van der Waals surface area contributed by atoms with Crippen LogP contribution < -0.4 is 0 Å². The van der Waals surface area contributed by atoms with E-state index in [1.807, 2.05) is 6.92 Å². The Labute approximate surface area is 92.2 Å². The summed E-state index contributed by atoms with van der Waals surface area (Å²) in [6.45, 7) is 2.02. The zero-order valence-electron chi connectivity index (χ0n) is 9.88. The summed E-state index contributed by atoms with van der Waals surface area (Å²) < 4.78 is 4.53. The molecule has 0 heterocycles. The number of esters is 1. The van der Waals surface area contributed by atoms with E-state index in [4.69, 9.17) is 0 Å². The van der Waals surface area contributed by atoms with Crippen LogP contribution in [-0.2, 0) is 14.3 Å². The molecule has 0 rings (SSSR count). The van der Waals surface area contributed by atoms with Crippen molar-refractivity contribution in [1.29, 1.82) is 0 Å². The van der Waals surface area contributed by atoms with Crippen molar-refractivity contribution in [3.05, 3.63) is 0 Å². The summed E-state index contributed by atoms with van der Waals surface area (Å²) in [7, 11) is 1.41.